The van der Waals surface area contributed by atoms with Gasteiger partial charge in [0.2, 0.25) is 0 Å². The summed E-state index contributed by atoms with van der Waals surface area (Å²) >= 11 is 5.49. The minimum atomic E-state index is -0.433. The van der Waals surface area contributed by atoms with Gasteiger partial charge in [0.25, 0.3) is 5.69 Å². The van der Waals surface area contributed by atoms with Gasteiger partial charge in [0, 0.05) is 18.0 Å². The molecule has 5 nitrogen and oxygen atoms in total. The van der Waals surface area contributed by atoms with Crippen molar-refractivity contribution in [3.8, 4) is 0 Å². The lowest BCUT2D eigenvalue weighted by molar-refractivity contribution is -0.384. The number of non-ortho nitro benzene ring substituents is 1. The maximum atomic E-state index is 10.2. The number of hydrogen-bond acceptors (Lipinski definition) is 4. The highest BCUT2D eigenvalue weighted by molar-refractivity contribution is 6.17. The van der Waals surface area contributed by atoms with Crippen LogP contribution in [0.15, 0.2) is 24.3 Å². The fourth-order valence-corrected chi connectivity index (χ4v) is 0.885. The molecule has 0 amide bonds. The van der Waals surface area contributed by atoms with E-state index in [1.54, 1.807) is 12.1 Å². The van der Waals surface area contributed by atoms with Gasteiger partial charge in [-0.2, -0.15) is 0 Å². The maximum Gasteiger partial charge on any atom is 0.269 e. The van der Waals surface area contributed by atoms with Crippen LogP contribution in [-0.2, 0) is 5.88 Å². The largest absolute Gasteiger partial charge is 0.394 e. The Bertz CT molecular complexity index is 287. The lowest BCUT2D eigenvalue weighted by atomic mass is 10.2. The molecule has 0 saturated carbocycles. The van der Waals surface area contributed by atoms with Crippen molar-refractivity contribution in [2.45, 2.75) is 5.88 Å². The second-order valence-electron chi connectivity index (χ2n) is 2.50. The molecule has 0 radical (unpaired) electrons. The summed E-state index contributed by atoms with van der Waals surface area (Å²) in [6, 6.07) is 6.17. The number of nitrogens with zero attached hydrogens (tertiary/aromatic N) is 1. The molecule has 0 aliphatic rings. The first-order valence-electron chi connectivity index (χ1n) is 4.16. The summed E-state index contributed by atoms with van der Waals surface area (Å²) in [6.07, 6.45) is 0. The minimum Gasteiger partial charge on any atom is -0.394 e. The molecule has 0 unspecified atom stereocenters. The van der Waals surface area contributed by atoms with E-state index in [0.717, 1.165) is 5.56 Å². The van der Waals surface area contributed by atoms with E-state index in [2.05, 4.69) is 0 Å². The van der Waals surface area contributed by atoms with Crippen LogP contribution in [0.1, 0.15) is 5.56 Å². The molecule has 0 saturated heterocycles. The van der Waals surface area contributed by atoms with Crippen LogP contribution in [0, 0.1) is 10.1 Å². The van der Waals surface area contributed by atoms with Crippen LogP contribution in [0.5, 0.6) is 0 Å². The van der Waals surface area contributed by atoms with E-state index in [1.165, 1.54) is 12.1 Å². The van der Waals surface area contributed by atoms with Gasteiger partial charge in [0.1, 0.15) is 0 Å². The van der Waals surface area contributed by atoms with Gasteiger partial charge in [-0.05, 0) is 5.56 Å². The second kappa shape index (κ2) is 8.16. The zero-order valence-electron chi connectivity index (χ0n) is 7.97. The number of aliphatic hydroxyl groups is 2. The molecule has 0 aromatic heterocycles. The van der Waals surface area contributed by atoms with E-state index < -0.39 is 4.92 Å². The zero-order valence-corrected chi connectivity index (χ0v) is 8.72. The molecule has 1 aromatic rings. The molecular weight excluding hydrogens is 222 g/mol. The molecule has 0 bridgehead atoms. The normalized spacial score (nSPS) is 9.00. The van der Waals surface area contributed by atoms with Crippen molar-refractivity contribution in [2.24, 2.45) is 0 Å². The Balaban J connectivity index is 0.000000423. The zero-order chi connectivity index (χ0) is 11.7. The van der Waals surface area contributed by atoms with Crippen LogP contribution in [0.3, 0.4) is 0 Å². The van der Waals surface area contributed by atoms with Gasteiger partial charge >= 0.3 is 0 Å². The van der Waals surface area contributed by atoms with Gasteiger partial charge < -0.3 is 10.2 Å². The number of rotatable bonds is 3. The summed E-state index contributed by atoms with van der Waals surface area (Å²) in [5, 5.41) is 25.4. The topological polar surface area (TPSA) is 83.6 Å². The van der Waals surface area contributed by atoms with Crippen molar-refractivity contribution >= 4 is 17.3 Å². The molecule has 1 rings (SSSR count). The first-order chi connectivity index (χ1) is 7.15. The predicted molar refractivity (Wildman–Crippen MR) is 56.8 cm³/mol. The molecule has 1 aromatic carbocycles. The van der Waals surface area contributed by atoms with Gasteiger partial charge in [-0.1, -0.05) is 12.1 Å². The summed E-state index contributed by atoms with van der Waals surface area (Å²) in [4.78, 5) is 9.74. The summed E-state index contributed by atoms with van der Waals surface area (Å²) in [5.41, 5.74) is 0.983. The van der Waals surface area contributed by atoms with Crippen LogP contribution in [0.25, 0.3) is 0 Å². The van der Waals surface area contributed by atoms with E-state index in [4.69, 9.17) is 21.8 Å². The van der Waals surface area contributed by atoms with E-state index in [-0.39, 0.29) is 18.9 Å². The molecule has 6 heteroatoms. The predicted octanol–water partition coefficient (Wildman–Crippen LogP) is 1.30. The number of nitro benzene ring substituents is 1. The lowest BCUT2D eigenvalue weighted by Gasteiger charge is -1.92. The lowest BCUT2D eigenvalue weighted by Crippen LogP contribution is -1.87. The fourth-order valence-electron chi connectivity index (χ4n) is 0.707. The Labute approximate surface area is 92.1 Å². The molecule has 15 heavy (non-hydrogen) atoms. The molecule has 0 fully saturated rings. The Morgan fingerprint density at radius 3 is 1.93 bits per heavy atom. The summed E-state index contributed by atoms with van der Waals surface area (Å²) < 4.78 is 0. The number of hydrogen-bond donors (Lipinski definition) is 2. The minimum absolute atomic E-state index is 0.0962. The van der Waals surface area contributed by atoms with Crippen molar-refractivity contribution in [3.63, 3.8) is 0 Å². The molecule has 0 spiro atoms. The molecule has 84 valence electrons. The number of aliphatic hydroxyl groups excluding tert-OH is 2. The van der Waals surface area contributed by atoms with Gasteiger partial charge in [0.15, 0.2) is 0 Å². The van der Waals surface area contributed by atoms with Gasteiger partial charge in [-0.25, -0.2) is 0 Å². The third-order valence-corrected chi connectivity index (χ3v) is 1.71. The van der Waals surface area contributed by atoms with Crippen molar-refractivity contribution in [1.29, 1.82) is 0 Å². The molecule has 0 aliphatic heterocycles. The van der Waals surface area contributed by atoms with Crippen molar-refractivity contribution in [2.75, 3.05) is 13.2 Å². The maximum absolute atomic E-state index is 10.2. The quantitative estimate of drug-likeness (QED) is 0.468. The molecule has 2 N–H and O–H groups in total. The van der Waals surface area contributed by atoms with E-state index in [9.17, 15) is 10.1 Å². The first kappa shape index (κ1) is 13.8. The number of alkyl halides is 1. The SMILES string of the molecule is O=[N+]([O-])c1ccc(CCl)cc1.OCCO. The average Bonchev–Trinajstić information content (AvgIpc) is 2.29. The van der Waals surface area contributed by atoms with Crippen LogP contribution >= 0.6 is 11.6 Å². The molecule has 0 aliphatic carbocycles. The summed E-state index contributed by atoms with van der Waals surface area (Å²) in [6.45, 7) is -0.250. The van der Waals surface area contributed by atoms with Crippen LogP contribution < -0.4 is 0 Å². The highest BCUT2D eigenvalue weighted by atomic mass is 35.5. The number of halogens is 1. The van der Waals surface area contributed by atoms with Crippen LogP contribution in [0.2, 0.25) is 0 Å². The smallest absolute Gasteiger partial charge is 0.269 e. The molecular formula is C9H12ClNO4. The Hall–Kier alpha value is -1.17. The highest BCUT2D eigenvalue weighted by Crippen LogP contribution is 2.12. The van der Waals surface area contributed by atoms with Gasteiger partial charge in [-0.3, -0.25) is 10.1 Å². The Kier molecular flexibility index (Phi) is 7.53. The van der Waals surface area contributed by atoms with Crippen molar-refractivity contribution in [1.82, 2.24) is 0 Å². The molecule has 0 atom stereocenters. The highest BCUT2D eigenvalue weighted by Gasteiger charge is 2.02. The van der Waals surface area contributed by atoms with E-state index in [1.807, 2.05) is 0 Å². The fraction of sp³-hybridized carbons (Fsp3) is 0.333. The Morgan fingerprint density at radius 1 is 1.20 bits per heavy atom. The van der Waals surface area contributed by atoms with E-state index in [0.29, 0.717) is 5.88 Å². The van der Waals surface area contributed by atoms with Crippen molar-refractivity contribution in [3.05, 3.63) is 39.9 Å². The standard InChI is InChI=1S/C7H6ClNO2.C2H6O2/c8-5-6-1-3-7(4-2-6)9(10)11;3-1-2-4/h1-4H,5H2;3-4H,1-2H2. The first-order valence-corrected chi connectivity index (χ1v) is 4.70. The van der Waals surface area contributed by atoms with Gasteiger partial charge in [-0.15, -0.1) is 11.6 Å². The average molecular weight is 234 g/mol. The monoisotopic (exact) mass is 233 g/mol. The number of nitro groups is 1. The summed E-state index contributed by atoms with van der Waals surface area (Å²) in [7, 11) is 0. The van der Waals surface area contributed by atoms with Gasteiger partial charge in [0.05, 0.1) is 18.1 Å². The van der Waals surface area contributed by atoms with Crippen LogP contribution in [0.4, 0.5) is 5.69 Å². The summed E-state index contributed by atoms with van der Waals surface area (Å²) in [5.74, 6) is 0.387. The van der Waals surface area contributed by atoms with E-state index >= 15 is 0 Å². The number of benzene rings is 1. The third kappa shape index (κ3) is 6.01. The Morgan fingerprint density at radius 2 is 1.67 bits per heavy atom. The molecule has 0 heterocycles. The van der Waals surface area contributed by atoms with Crippen LogP contribution in [-0.4, -0.2) is 28.4 Å². The van der Waals surface area contributed by atoms with Crippen molar-refractivity contribution < 1.29 is 15.1 Å². The third-order valence-electron chi connectivity index (χ3n) is 1.40. The second-order valence-corrected chi connectivity index (χ2v) is 2.77.